The minimum atomic E-state index is -0.154. The zero-order valence-electron chi connectivity index (χ0n) is 11.8. The standard InChI is InChI=1S/C18H20FN/c1-2-17(20)18-15-6-4-3-5-12(15)7-8-13-11-14(19)9-10-16(13)18/h3-6,9-11,17-18H,2,7-8,20H2,1H3. The Hall–Kier alpha value is -1.67. The molecule has 0 bridgehead atoms. The normalized spacial score (nSPS) is 18.9. The zero-order valence-corrected chi connectivity index (χ0v) is 11.8. The van der Waals surface area contributed by atoms with E-state index in [4.69, 9.17) is 5.73 Å². The average molecular weight is 269 g/mol. The lowest BCUT2D eigenvalue weighted by Gasteiger charge is -2.25. The minimum absolute atomic E-state index is 0.0680. The lowest BCUT2D eigenvalue weighted by molar-refractivity contribution is 0.571. The molecule has 2 atom stereocenters. The first-order chi connectivity index (χ1) is 9.70. The average Bonchev–Trinajstić information content (AvgIpc) is 2.63. The first-order valence-electron chi connectivity index (χ1n) is 7.32. The van der Waals surface area contributed by atoms with E-state index >= 15 is 0 Å². The second kappa shape index (κ2) is 5.37. The molecule has 1 aliphatic rings. The van der Waals surface area contributed by atoms with E-state index in [1.54, 1.807) is 12.1 Å². The number of aryl methyl sites for hydroxylation is 2. The van der Waals surface area contributed by atoms with E-state index in [1.807, 2.05) is 6.07 Å². The van der Waals surface area contributed by atoms with Crippen LogP contribution in [0.5, 0.6) is 0 Å². The van der Waals surface area contributed by atoms with Crippen LogP contribution in [0.3, 0.4) is 0 Å². The zero-order chi connectivity index (χ0) is 14.1. The van der Waals surface area contributed by atoms with Crippen LogP contribution >= 0.6 is 0 Å². The summed E-state index contributed by atoms with van der Waals surface area (Å²) in [5.74, 6) is 0.0211. The molecule has 2 unspecified atom stereocenters. The van der Waals surface area contributed by atoms with Crippen molar-refractivity contribution in [2.45, 2.75) is 38.1 Å². The van der Waals surface area contributed by atoms with Crippen LogP contribution in [0, 0.1) is 5.82 Å². The molecular weight excluding hydrogens is 249 g/mol. The van der Waals surface area contributed by atoms with Crippen LogP contribution in [0.4, 0.5) is 4.39 Å². The summed E-state index contributed by atoms with van der Waals surface area (Å²) in [5, 5.41) is 0. The second-order valence-electron chi connectivity index (χ2n) is 5.59. The number of fused-ring (bicyclic) bond motifs is 2. The largest absolute Gasteiger partial charge is 0.327 e. The smallest absolute Gasteiger partial charge is 0.123 e. The molecule has 2 aromatic rings. The van der Waals surface area contributed by atoms with E-state index in [9.17, 15) is 4.39 Å². The maximum absolute atomic E-state index is 13.5. The lowest BCUT2D eigenvalue weighted by atomic mass is 9.82. The summed E-state index contributed by atoms with van der Waals surface area (Å²) in [6.45, 7) is 2.11. The summed E-state index contributed by atoms with van der Waals surface area (Å²) in [5.41, 5.74) is 11.4. The number of hydrogen-bond acceptors (Lipinski definition) is 1. The summed E-state index contributed by atoms with van der Waals surface area (Å²) in [6.07, 6.45) is 2.76. The third-order valence-corrected chi connectivity index (χ3v) is 4.39. The van der Waals surface area contributed by atoms with Crippen LogP contribution in [0.15, 0.2) is 42.5 Å². The van der Waals surface area contributed by atoms with Crippen LogP contribution in [0.25, 0.3) is 0 Å². The van der Waals surface area contributed by atoms with Crippen molar-refractivity contribution in [3.63, 3.8) is 0 Å². The maximum Gasteiger partial charge on any atom is 0.123 e. The van der Waals surface area contributed by atoms with Crippen molar-refractivity contribution in [2.75, 3.05) is 0 Å². The van der Waals surface area contributed by atoms with E-state index in [0.717, 1.165) is 24.8 Å². The van der Waals surface area contributed by atoms with Gasteiger partial charge in [-0.05, 0) is 53.6 Å². The number of rotatable bonds is 2. The Morgan fingerprint density at radius 1 is 1.10 bits per heavy atom. The Bertz CT molecular complexity index is 621. The molecule has 1 aliphatic carbocycles. The van der Waals surface area contributed by atoms with Gasteiger partial charge in [-0.2, -0.15) is 0 Å². The summed E-state index contributed by atoms with van der Waals surface area (Å²) in [6, 6.07) is 13.7. The predicted octanol–water partition coefficient (Wildman–Crippen LogP) is 3.79. The Kier molecular flexibility index (Phi) is 3.58. The quantitative estimate of drug-likeness (QED) is 0.882. The van der Waals surface area contributed by atoms with E-state index < -0.39 is 0 Å². The van der Waals surface area contributed by atoms with Crippen LogP contribution in [-0.2, 0) is 12.8 Å². The van der Waals surface area contributed by atoms with Gasteiger partial charge < -0.3 is 5.73 Å². The summed E-state index contributed by atoms with van der Waals surface area (Å²) in [4.78, 5) is 0. The van der Waals surface area contributed by atoms with Crippen molar-refractivity contribution in [2.24, 2.45) is 5.73 Å². The first kappa shape index (κ1) is 13.3. The molecule has 0 saturated carbocycles. The van der Waals surface area contributed by atoms with Crippen molar-refractivity contribution in [3.05, 3.63) is 70.5 Å². The van der Waals surface area contributed by atoms with Gasteiger partial charge in [0.1, 0.15) is 5.82 Å². The van der Waals surface area contributed by atoms with Crippen molar-refractivity contribution in [1.29, 1.82) is 0 Å². The highest BCUT2D eigenvalue weighted by atomic mass is 19.1. The number of nitrogens with two attached hydrogens (primary N) is 1. The first-order valence-corrected chi connectivity index (χ1v) is 7.32. The predicted molar refractivity (Wildman–Crippen MR) is 80.4 cm³/mol. The molecule has 0 fully saturated rings. The molecule has 0 amide bonds. The molecule has 0 spiro atoms. The van der Waals surface area contributed by atoms with Gasteiger partial charge in [0.25, 0.3) is 0 Å². The van der Waals surface area contributed by atoms with Gasteiger partial charge in [-0.3, -0.25) is 0 Å². The molecule has 0 radical (unpaired) electrons. The SMILES string of the molecule is CCC(N)C1c2ccccc2CCc2cc(F)ccc21. The minimum Gasteiger partial charge on any atom is -0.327 e. The summed E-state index contributed by atoms with van der Waals surface area (Å²) >= 11 is 0. The second-order valence-corrected chi connectivity index (χ2v) is 5.59. The molecule has 0 aromatic heterocycles. The Morgan fingerprint density at radius 2 is 1.80 bits per heavy atom. The topological polar surface area (TPSA) is 26.0 Å². The highest BCUT2D eigenvalue weighted by Crippen LogP contribution is 2.36. The molecule has 1 nitrogen and oxygen atoms in total. The van der Waals surface area contributed by atoms with Gasteiger partial charge in [-0.25, -0.2) is 4.39 Å². The van der Waals surface area contributed by atoms with Crippen molar-refractivity contribution in [1.82, 2.24) is 0 Å². The maximum atomic E-state index is 13.5. The molecule has 2 N–H and O–H groups in total. The molecule has 0 heterocycles. The van der Waals surface area contributed by atoms with Crippen molar-refractivity contribution < 1.29 is 4.39 Å². The number of halogens is 1. The molecule has 3 rings (SSSR count). The van der Waals surface area contributed by atoms with E-state index in [-0.39, 0.29) is 17.8 Å². The van der Waals surface area contributed by atoms with Crippen LogP contribution < -0.4 is 5.73 Å². The highest BCUT2D eigenvalue weighted by Gasteiger charge is 2.27. The van der Waals surface area contributed by atoms with Gasteiger partial charge in [0.15, 0.2) is 0 Å². The monoisotopic (exact) mass is 269 g/mol. The number of benzene rings is 2. The van der Waals surface area contributed by atoms with E-state index in [0.29, 0.717) is 0 Å². The fourth-order valence-electron chi connectivity index (χ4n) is 3.29. The fraction of sp³-hybridized carbons (Fsp3) is 0.333. The van der Waals surface area contributed by atoms with Crippen LogP contribution in [0.1, 0.15) is 41.5 Å². The third kappa shape index (κ3) is 2.25. The van der Waals surface area contributed by atoms with E-state index in [1.165, 1.54) is 16.7 Å². The van der Waals surface area contributed by atoms with Gasteiger partial charge in [0, 0.05) is 12.0 Å². The van der Waals surface area contributed by atoms with Gasteiger partial charge in [0.05, 0.1) is 0 Å². The Balaban J connectivity index is 2.19. The van der Waals surface area contributed by atoms with Gasteiger partial charge in [-0.15, -0.1) is 0 Å². The van der Waals surface area contributed by atoms with Gasteiger partial charge in [-0.1, -0.05) is 37.3 Å². The highest BCUT2D eigenvalue weighted by molar-refractivity contribution is 5.46. The molecule has 20 heavy (non-hydrogen) atoms. The van der Waals surface area contributed by atoms with Gasteiger partial charge >= 0.3 is 0 Å². The molecular formula is C18H20FN. The van der Waals surface area contributed by atoms with E-state index in [2.05, 4.69) is 31.2 Å². The molecule has 0 saturated heterocycles. The summed E-state index contributed by atoms with van der Waals surface area (Å²) in [7, 11) is 0. The Labute approximate surface area is 119 Å². The fourth-order valence-corrected chi connectivity index (χ4v) is 3.29. The molecule has 104 valence electrons. The van der Waals surface area contributed by atoms with Crippen molar-refractivity contribution >= 4 is 0 Å². The van der Waals surface area contributed by atoms with Gasteiger partial charge in [0.2, 0.25) is 0 Å². The van der Waals surface area contributed by atoms with Crippen molar-refractivity contribution in [3.8, 4) is 0 Å². The molecule has 0 aliphatic heterocycles. The Morgan fingerprint density at radius 3 is 2.60 bits per heavy atom. The summed E-state index contributed by atoms with van der Waals surface area (Å²) < 4.78 is 13.5. The van der Waals surface area contributed by atoms with Crippen LogP contribution in [0.2, 0.25) is 0 Å². The number of hydrogen-bond donors (Lipinski definition) is 1. The lowest BCUT2D eigenvalue weighted by Crippen LogP contribution is -2.29. The third-order valence-electron chi connectivity index (χ3n) is 4.39. The molecule has 2 heteroatoms. The molecule has 2 aromatic carbocycles. The van der Waals surface area contributed by atoms with Crippen LogP contribution in [-0.4, -0.2) is 6.04 Å².